The predicted molar refractivity (Wildman–Crippen MR) is 96.0 cm³/mol. The number of likely N-dealkylation sites (tertiary alicyclic amines) is 1. The van der Waals surface area contributed by atoms with E-state index in [2.05, 4.69) is 0 Å². The molecule has 7 nitrogen and oxygen atoms in total. The van der Waals surface area contributed by atoms with Crippen LogP contribution in [0.25, 0.3) is 0 Å². The first-order valence-corrected chi connectivity index (χ1v) is 10.4. The summed E-state index contributed by atoms with van der Waals surface area (Å²) in [4.78, 5) is 26.3. The molecule has 1 saturated heterocycles. The molecule has 0 bridgehead atoms. The fourth-order valence-electron chi connectivity index (χ4n) is 3.44. The van der Waals surface area contributed by atoms with Crippen molar-refractivity contribution in [3.63, 3.8) is 0 Å². The maximum atomic E-state index is 12.9. The first-order valence-electron chi connectivity index (χ1n) is 8.49. The highest BCUT2D eigenvalue weighted by Gasteiger charge is 2.44. The van der Waals surface area contributed by atoms with E-state index in [9.17, 15) is 23.1 Å². The van der Waals surface area contributed by atoms with E-state index >= 15 is 0 Å². The van der Waals surface area contributed by atoms with Gasteiger partial charge < -0.3 is 14.7 Å². The standard InChI is InChI=1S/C18H25NO6S/c1-4-13-6-7-14(10-15(13)26(3,23)24)16(20)19-9-5-8-18(11-19,12-25-2)17(21)22/h6-7,10H,4-5,8-9,11-12H2,1-3H3,(H,21,22). The number of hydrogen-bond acceptors (Lipinski definition) is 5. The lowest BCUT2D eigenvalue weighted by atomic mass is 9.80. The number of sulfone groups is 1. The summed E-state index contributed by atoms with van der Waals surface area (Å²) < 4.78 is 29.1. The minimum atomic E-state index is -3.46. The van der Waals surface area contributed by atoms with Crippen LogP contribution >= 0.6 is 0 Å². The first-order chi connectivity index (χ1) is 12.1. The number of carboxylic acids is 1. The van der Waals surface area contributed by atoms with Crippen molar-refractivity contribution in [3.8, 4) is 0 Å². The molecule has 1 aromatic rings. The van der Waals surface area contributed by atoms with Gasteiger partial charge in [-0.3, -0.25) is 9.59 Å². The van der Waals surface area contributed by atoms with E-state index in [0.717, 1.165) is 6.26 Å². The molecule has 0 radical (unpaired) electrons. The maximum absolute atomic E-state index is 12.9. The normalized spacial score (nSPS) is 20.8. The third-order valence-electron chi connectivity index (χ3n) is 4.83. The monoisotopic (exact) mass is 383 g/mol. The molecular weight excluding hydrogens is 358 g/mol. The molecule has 1 amide bonds. The van der Waals surface area contributed by atoms with Crippen molar-refractivity contribution in [3.05, 3.63) is 29.3 Å². The van der Waals surface area contributed by atoms with E-state index in [1.807, 2.05) is 6.92 Å². The lowest BCUT2D eigenvalue weighted by molar-refractivity contribution is -0.155. The van der Waals surface area contributed by atoms with Crippen molar-refractivity contribution in [1.82, 2.24) is 4.90 Å². The topological polar surface area (TPSA) is 101 Å². The molecular formula is C18H25NO6S. The molecule has 1 aliphatic heterocycles. The Morgan fingerprint density at radius 2 is 2.04 bits per heavy atom. The van der Waals surface area contributed by atoms with Crippen molar-refractivity contribution in [1.29, 1.82) is 0 Å². The second-order valence-corrected chi connectivity index (χ2v) is 8.78. The zero-order chi connectivity index (χ0) is 19.5. The molecule has 0 spiro atoms. The fourth-order valence-corrected chi connectivity index (χ4v) is 4.47. The number of piperidine rings is 1. The van der Waals surface area contributed by atoms with E-state index in [1.54, 1.807) is 12.1 Å². The molecule has 26 heavy (non-hydrogen) atoms. The van der Waals surface area contributed by atoms with Crippen LogP contribution in [0.3, 0.4) is 0 Å². The Kier molecular flexibility index (Phi) is 6.08. The van der Waals surface area contributed by atoms with E-state index in [4.69, 9.17) is 4.74 Å². The van der Waals surface area contributed by atoms with Gasteiger partial charge in [-0.1, -0.05) is 13.0 Å². The maximum Gasteiger partial charge on any atom is 0.313 e. The molecule has 144 valence electrons. The van der Waals surface area contributed by atoms with Crippen molar-refractivity contribution in [2.45, 2.75) is 31.1 Å². The molecule has 1 N–H and O–H groups in total. The van der Waals surface area contributed by atoms with Crippen LogP contribution < -0.4 is 0 Å². The van der Waals surface area contributed by atoms with Crippen LogP contribution in [0.15, 0.2) is 23.1 Å². The van der Waals surface area contributed by atoms with E-state index < -0.39 is 21.2 Å². The zero-order valence-corrected chi connectivity index (χ0v) is 16.1. The van der Waals surface area contributed by atoms with Crippen molar-refractivity contribution < 1.29 is 27.9 Å². The van der Waals surface area contributed by atoms with Crippen molar-refractivity contribution in [2.75, 3.05) is 33.1 Å². The molecule has 1 aliphatic rings. The molecule has 1 heterocycles. The minimum Gasteiger partial charge on any atom is -0.481 e. The summed E-state index contributed by atoms with van der Waals surface area (Å²) >= 11 is 0. The van der Waals surface area contributed by atoms with E-state index in [1.165, 1.54) is 18.1 Å². The van der Waals surface area contributed by atoms with Crippen LogP contribution in [0.5, 0.6) is 0 Å². The molecule has 2 rings (SSSR count). The van der Waals surface area contributed by atoms with Crippen LogP contribution in [0.4, 0.5) is 0 Å². The van der Waals surface area contributed by atoms with Gasteiger partial charge in [-0.15, -0.1) is 0 Å². The third kappa shape index (κ3) is 4.07. The van der Waals surface area contributed by atoms with Crippen LogP contribution in [-0.4, -0.2) is 63.4 Å². The summed E-state index contributed by atoms with van der Waals surface area (Å²) in [5, 5.41) is 9.61. The van der Waals surface area contributed by atoms with Gasteiger partial charge in [0.1, 0.15) is 5.41 Å². The van der Waals surface area contributed by atoms with Gasteiger partial charge in [0.05, 0.1) is 11.5 Å². The summed E-state index contributed by atoms with van der Waals surface area (Å²) in [6.45, 7) is 2.34. The highest BCUT2D eigenvalue weighted by molar-refractivity contribution is 7.90. The molecule has 0 saturated carbocycles. The molecule has 1 atom stereocenters. The SMILES string of the molecule is CCc1ccc(C(=O)N2CCCC(COC)(C(=O)O)C2)cc1S(C)(=O)=O. The molecule has 1 fully saturated rings. The Hall–Kier alpha value is -1.93. The number of aliphatic carboxylic acids is 1. The number of methoxy groups -OCH3 is 1. The number of nitrogens with zero attached hydrogens (tertiary/aromatic N) is 1. The van der Waals surface area contributed by atoms with Gasteiger partial charge in [0.25, 0.3) is 5.91 Å². The van der Waals surface area contributed by atoms with Crippen LogP contribution in [-0.2, 0) is 25.8 Å². The highest BCUT2D eigenvalue weighted by atomic mass is 32.2. The summed E-state index contributed by atoms with van der Waals surface area (Å²) in [5.74, 6) is -1.35. The number of carbonyl (C=O) groups excluding carboxylic acids is 1. The number of carbonyl (C=O) groups is 2. The van der Waals surface area contributed by atoms with Gasteiger partial charge in [-0.25, -0.2) is 8.42 Å². The number of hydrogen-bond donors (Lipinski definition) is 1. The summed E-state index contributed by atoms with van der Waals surface area (Å²) in [5.41, 5.74) is -0.228. The summed E-state index contributed by atoms with van der Waals surface area (Å²) in [6, 6.07) is 4.64. The summed E-state index contributed by atoms with van der Waals surface area (Å²) in [6.07, 6.45) is 2.64. The van der Waals surface area contributed by atoms with Crippen LogP contribution in [0, 0.1) is 5.41 Å². The van der Waals surface area contributed by atoms with Crippen molar-refractivity contribution in [2.24, 2.45) is 5.41 Å². The Labute approximate surface area is 153 Å². The Balaban J connectivity index is 2.35. The number of benzene rings is 1. The molecule has 8 heteroatoms. The first kappa shape index (κ1) is 20.4. The zero-order valence-electron chi connectivity index (χ0n) is 15.3. The second-order valence-electron chi connectivity index (χ2n) is 6.80. The van der Waals surface area contributed by atoms with Gasteiger partial charge in [0, 0.05) is 32.0 Å². The molecule has 0 aromatic heterocycles. The fraction of sp³-hybridized carbons (Fsp3) is 0.556. The minimum absolute atomic E-state index is 0.0233. The van der Waals surface area contributed by atoms with Gasteiger partial charge in [-0.05, 0) is 37.0 Å². The smallest absolute Gasteiger partial charge is 0.313 e. The van der Waals surface area contributed by atoms with Gasteiger partial charge in [0.15, 0.2) is 9.84 Å². The summed E-state index contributed by atoms with van der Waals surface area (Å²) in [7, 11) is -2.02. The number of ether oxygens (including phenoxy) is 1. The van der Waals surface area contributed by atoms with E-state index in [0.29, 0.717) is 31.4 Å². The van der Waals surface area contributed by atoms with Gasteiger partial charge in [-0.2, -0.15) is 0 Å². The number of carboxylic acid groups (broad SMARTS) is 1. The average molecular weight is 383 g/mol. The Morgan fingerprint density at radius 3 is 2.58 bits per heavy atom. The number of aryl methyl sites for hydroxylation is 1. The number of rotatable bonds is 6. The Bertz CT molecular complexity index is 800. The highest BCUT2D eigenvalue weighted by Crippen LogP contribution is 2.32. The Morgan fingerprint density at radius 1 is 1.35 bits per heavy atom. The quantitative estimate of drug-likeness (QED) is 0.801. The van der Waals surface area contributed by atoms with Crippen LogP contribution in [0.2, 0.25) is 0 Å². The van der Waals surface area contributed by atoms with Gasteiger partial charge in [0.2, 0.25) is 0 Å². The average Bonchev–Trinajstić information content (AvgIpc) is 2.60. The molecule has 0 aliphatic carbocycles. The van der Waals surface area contributed by atoms with Crippen LogP contribution in [0.1, 0.15) is 35.7 Å². The second kappa shape index (κ2) is 7.75. The van der Waals surface area contributed by atoms with E-state index in [-0.39, 0.29) is 29.5 Å². The predicted octanol–water partition coefficient (Wildman–Crippen LogP) is 1.61. The largest absolute Gasteiger partial charge is 0.481 e. The van der Waals surface area contributed by atoms with Gasteiger partial charge >= 0.3 is 5.97 Å². The lowest BCUT2D eigenvalue weighted by Crippen LogP contribution is -2.52. The lowest BCUT2D eigenvalue weighted by Gasteiger charge is -2.39. The third-order valence-corrected chi connectivity index (χ3v) is 6.01. The number of amides is 1. The van der Waals surface area contributed by atoms with Crippen molar-refractivity contribution >= 4 is 21.7 Å². The molecule has 1 unspecified atom stereocenters. The molecule has 1 aromatic carbocycles.